The Morgan fingerprint density at radius 2 is 2.04 bits per heavy atom. The van der Waals surface area contributed by atoms with Crippen LogP contribution in [0.2, 0.25) is 0 Å². The number of aromatic nitrogens is 4. The van der Waals surface area contributed by atoms with Gasteiger partial charge in [0.2, 0.25) is 0 Å². The van der Waals surface area contributed by atoms with Gasteiger partial charge >= 0.3 is 0 Å². The molecule has 7 heteroatoms. The maximum absolute atomic E-state index is 6.33. The number of nitrogens with two attached hydrogens (primary N) is 1. The highest BCUT2D eigenvalue weighted by Gasteiger charge is 2.44. The third kappa shape index (κ3) is 2.93. The van der Waals surface area contributed by atoms with Crippen molar-refractivity contribution in [3.05, 3.63) is 54.1 Å². The van der Waals surface area contributed by atoms with Gasteiger partial charge in [-0.15, -0.1) is 0 Å². The second-order valence-corrected chi connectivity index (χ2v) is 6.69. The smallest absolute Gasteiger partial charge is 0.196 e. The van der Waals surface area contributed by atoms with Crippen LogP contribution in [-0.2, 0) is 16.1 Å². The Labute approximate surface area is 152 Å². The number of anilines is 1. The number of fused-ring (bicyclic) bond motifs is 1. The van der Waals surface area contributed by atoms with Gasteiger partial charge < -0.3 is 15.2 Å². The molecule has 2 N–H and O–H groups in total. The average Bonchev–Trinajstić information content (AvgIpc) is 3.23. The van der Waals surface area contributed by atoms with Crippen LogP contribution in [0, 0.1) is 5.92 Å². The first-order valence-corrected chi connectivity index (χ1v) is 8.94. The van der Waals surface area contributed by atoms with Crippen LogP contribution in [0.4, 0.5) is 5.82 Å². The van der Waals surface area contributed by atoms with Gasteiger partial charge in [0.15, 0.2) is 11.5 Å². The van der Waals surface area contributed by atoms with E-state index in [-0.39, 0.29) is 24.2 Å². The van der Waals surface area contributed by atoms with E-state index in [2.05, 4.69) is 41.0 Å². The predicted octanol–water partition coefficient (Wildman–Crippen LogP) is 2.78. The second kappa shape index (κ2) is 7.01. The van der Waals surface area contributed by atoms with Crippen molar-refractivity contribution >= 4 is 11.5 Å². The molecule has 1 aliphatic heterocycles. The van der Waals surface area contributed by atoms with Gasteiger partial charge in [-0.25, -0.2) is 14.5 Å². The zero-order valence-corrected chi connectivity index (χ0v) is 14.9. The van der Waals surface area contributed by atoms with Gasteiger partial charge in [-0.1, -0.05) is 44.2 Å². The molecule has 1 aliphatic rings. The molecular weight excluding hydrogens is 330 g/mol. The van der Waals surface area contributed by atoms with E-state index in [4.69, 9.17) is 15.2 Å². The van der Waals surface area contributed by atoms with E-state index >= 15 is 0 Å². The fourth-order valence-electron chi connectivity index (χ4n) is 3.64. The van der Waals surface area contributed by atoms with E-state index in [9.17, 15) is 0 Å². The van der Waals surface area contributed by atoms with Gasteiger partial charge in [0, 0.05) is 5.92 Å². The summed E-state index contributed by atoms with van der Waals surface area (Å²) in [6, 6.07) is 10.2. The molecule has 26 heavy (non-hydrogen) atoms. The number of hydrogen-bond acceptors (Lipinski definition) is 6. The minimum atomic E-state index is -0.247. The maximum atomic E-state index is 6.33. The summed E-state index contributed by atoms with van der Waals surface area (Å²) in [5.74, 6) is 0.615. The number of benzene rings is 1. The van der Waals surface area contributed by atoms with Crippen LogP contribution < -0.4 is 5.73 Å². The molecular formula is C19H23N5O2. The first kappa shape index (κ1) is 16.9. The van der Waals surface area contributed by atoms with E-state index in [0.29, 0.717) is 18.1 Å². The van der Waals surface area contributed by atoms with Crippen LogP contribution in [0.5, 0.6) is 0 Å². The van der Waals surface area contributed by atoms with Gasteiger partial charge in [0.25, 0.3) is 0 Å². The predicted molar refractivity (Wildman–Crippen MR) is 97.3 cm³/mol. The molecule has 0 saturated carbocycles. The average molecular weight is 353 g/mol. The van der Waals surface area contributed by atoms with Gasteiger partial charge in [-0.2, -0.15) is 5.10 Å². The Hall–Kier alpha value is -2.51. The largest absolute Gasteiger partial charge is 0.381 e. The molecule has 1 fully saturated rings. The maximum Gasteiger partial charge on any atom is 0.196 e. The van der Waals surface area contributed by atoms with Crippen molar-refractivity contribution in [3.63, 3.8) is 0 Å². The minimum absolute atomic E-state index is 0.0868. The van der Waals surface area contributed by atoms with Crippen LogP contribution >= 0.6 is 0 Å². The Morgan fingerprint density at radius 1 is 1.23 bits per heavy atom. The van der Waals surface area contributed by atoms with Gasteiger partial charge in [-0.3, -0.25) is 0 Å². The summed E-state index contributed by atoms with van der Waals surface area (Å²) >= 11 is 0. The first-order chi connectivity index (χ1) is 12.7. The molecule has 4 atom stereocenters. The third-order valence-corrected chi connectivity index (χ3v) is 5.06. The van der Waals surface area contributed by atoms with Crippen LogP contribution in [0.1, 0.15) is 37.6 Å². The summed E-state index contributed by atoms with van der Waals surface area (Å²) in [6.07, 6.45) is 3.92. The summed E-state index contributed by atoms with van der Waals surface area (Å²) in [5, 5.41) is 4.30. The molecule has 0 radical (unpaired) electrons. The van der Waals surface area contributed by atoms with Crippen LogP contribution in [0.15, 0.2) is 42.9 Å². The van der Waals surface area contributed by atoms with Crippen molar-refractivity contribution in [2.75, 3.05) is 5.73 Å². The van der Waals surface area contributed by atoms with E-state index in [1.807, 2.05) is 18.2 Å². The van der Waals surface area contributed by atoms with Crippen LogP contribution in [0.3, 0.4) is 0 Å². The highest BCUT2D eigenvalue weighted by molar-refractivity contribution is 5.58. The highest BCUT2D eigenvalue weighted by atomic mass is 16.6. The zero-order chi connectivity index (χ0) is 18.1. The molecule has 136 valence electrons. The quantitative estimate of drug-likeness (QED) is 0.759. The first-order valence-electron chi connectivity index (χ1n) is 8.94. The molecule has 2 aromatic heterocycles. The number of ether oxygens (including phenoxy) is 2. The van der Waals surface area contributed by atoms with E-state index in [0.717, 1.165) is 17.7 Å². The lowest BCUT2D eigenvalue weighted by atomic mass is 9.95. The number of nitrogen functional groups attached to an aromatic ring is 1. The number of hydrogen-bond donors (Lipinski definition) is 1. The lowest BCUT2D eigenvalue weighted by Crippen LogP contribution is -2.26. The highest BCUT2D eigenvalue weighted by Crippen LogP contribution is 2.40. The van der Waals surface area contributed by atoms with Crippen LogP contribution in [0.25, 0.3) is 5.65 Å². The summed E-state index contributed by atoms with van der Waals surface area (Å²) < 4.78 is 14.3. The molecule has 0 bridgehead atoms. The standard InChI is InChI=1S/C19H23N5O2/c1-3-15-12(2)16(25-10-13-7-5-4-6-8-13)17(26-15)14-9-21-19-18(20)22-11-23-24(14)19/h4-9,11-12,15-17H,3,10H2,1-2H3,(H2,20,22,23)/t12-,15-,16-,17+/m1/s1. The molecule has 0 amide bonds. The molecule has 0 aliphatic carbocycles. The van der Waals surface area contributed by atoms with E-state index < -0.39 is 0 Å². The Kier molecular flexibility index (Phi) is 4.57. The van der Waals surface area contributed by atoms with Crippen LogP contribution in [-0.4, -0.2) is 31.8 Å². The van der Waals surface area contributed by atoms with Gasteiger partial charge in [0.1, 0.15) is 12.4 Å². The molecule has 3 heterocycles. The molecule has 0 unspecified atom stereocenters. The fraction of sp³-hybridized carbons (Fsp3) is 0.421. The minimum Gasteiger partial charge on any atom is -0.381 e. The fourth-order valence-corrected chi connectivity index (χ4v) is 3.64. The zero-order valence-electron chi connectivity index (χ0n) is 14.9. The topological polar surface area (TPSA) is 87.6 Å². The molecule has 1 aromatic carbocycles. The number of nitrogens with zero attached hydrogens (tertiary/aromatic N) is 4. The van der Waals surface area contributed by atoms with Crippen molar-refractivity contribution in [3.8, 4) is 0 Å². The lowest BCUT2D eigenvalue weighted by molar-refractivity contribution is -0.0362. The molecule has 4 rings (SSSR count). The third-order valence-electron chi connectivity index (χ3n) is 5.06. The van der Waals surface area contributed by atoms with Crippen molar-refractivity contribution < 1.29 is 9.47 Å². The Balaban J connectivity index is 1.64. The van der Waals surface area contributed by atoms with Gasteiger partial charge in [-0.05, 0) is 12.0 Å². The lowest BCUT2D eigenvalue weighted by Gasteiger charge is -2.21. The summed E-state index contributed by atoms with van der Waals surface area (Å²) in [4.78, 5) is 8.37. The van der Waals surface area contributed by atoms with Gasteiger partial charge in [0.05, 0.1) is 30.7 Å². The van der Waals surface area contributed by atoms with E-state index in [1.54, 1.807) is 10.7 Å². The van der Waals surface area contributed by atoms with Crippen molar-refractivity contribution in [2.45, 2.75) is 45.2 Å². The van der Waals surface area contributed by atoms with Crippen molar-refractivity contribution in [1.82, 2.24) is 19.6 Å². The summed E-state index contributed by atoms with van der Waals surface area (Å²) in [5.41, 5.74) is 8.44. The normalized spacial score (nSPS) is 25.8. The van der Waals surface area contributed by atoms with E-state index in [1.165, 1.54) is 6.33 Å². The van der Waals surface area contributed by atoms with Crippen molar-refractivity contribution in [1.29, 1.82) is 0 Å². The number of imidazole rings is 1. The summed E-state index contributed by atoms with van der Waals surface area (Å²) in [6.45, 7) is 4.85. The molecule has 1 saturated heterocycles. The monoisotopic (exact) mass is 353 g/mol. The Bertz CT molecular complexity index is 882. The Morgan fingerprint density at radius 3 is 2.81 bits per heavy atom. The summed E-state index contributed by atoms with van der Waals surface area (Å²) in [7, 11) is 0. The SMILES string of the molecule is CC[C@H]1O[C@@H](c2cnc3c(N)ncnn23)[C@H](OCc2ccccc2)[C@@H]1C. The van der Waals surface area contributed by atoms with Crippen molar-refractivity contribution in [2.24, 2.45) is 5.92 Å². The second-order valence-electron chi connectivity index (χ2n) is 6.69. The molecule has 0 spiro atoms. The molecule has 7 nitrogen and oxygen atoms in total. The number of rotatable bonds is 5. The molecule has 3 aromatic rings.